The predicted molar refractivity (Wildman–Crippen MR) is 113 cm³/mol. The number of rotatable bonds is 12. The Morgan fingerprint density at radius 1 is 1.03 bits per heavy atom. The molecule has 0 fully saturated rings. The zero-order chi connectivity index (χ0) is 22.0. The van der Waals surface area contributed by atoms with Crippen LogP contribution in [0.25, 0.3) is 11.0 Å². The molecule has 0 bridgehead atoms. The topological polar surface area (TPSA) is 147 Å². The molecule has 1 aromatic heterocycles. The number of carboxylic acid groups (broad SMARTS) is 1. The Hall–Kier alpha value is -3.23. The van der Waals surface area contributed by atoms with Crippen molar-refractivity contribution >= 4 is 29.0 Å². The van der Waals surface area contributed by atoms with Crippen LogP contribution in [0.1, 0.15) is 44.6 Å². The van der Waals surface area contributed by atoms with E-state index in [0.29, 0.717) is 18.7 Å². The number of nitrogens with two attached hydrogens (primary N) is 1. The number of hydrogen-bond acceptors (Lipinski definition) is 4. The third kappa shape index (κ3) is 6.98. The SMILES string of the molecule is CC(Cc1coc2ccccc12)(NC(=O)O)C(=O)NCCCCCCCNC(N)=O. The molecular formula is C21H30N4O5. The second-order valence-corrected chi connectivity index (χ2v) is 7.51. The molecule has 1 heterocycles. The van der Waals surface area contributed by atoms with Gasteiger partial charge in [0.2, 0.25) is 5.91 Å². The minimum Gasteiger partial charge on any atom is -0.465 e. The summed E-state index contributed by atoms with van der Waals surface area (Å²) in [5, 5.41) is 17.8. The Morgan fingerprint density at radius 2 is 1.67 bits per heavy atom. The molecule has 0 saturated carbocycles. The number of carbonyl (C=O) groups is 3. The fraction of sp³-hybridized carbons (Fsp3) is 0.476. The summed E-state index contributed by atoms with van der Waals surface area (Å²) in [6.45, 7) is 2.60. The zero-order valence-electron chi connectivity index (χ0n) is 17.2. The molecule has 0 radical (unpaired) electrons. The summed E-state index contributed by atoms with van der Waals surface area (Å²) in [6.07, 6.45) is 4.97. The van der Waals surface area contributed by atoms with Crippen molar-refractivity contribution in [2.45, 2.75) is 51.0 Å². The lowest BCUT2D eigenvalue weighted by Gasteiger charge is -2.28. The van der Waals surface area contributed by atoms with Gasteiger partial charge in [0.05, 0.1) is 6.26 Å². The summed E-state index contributed by atoms with van der Waals surface area (Å²) in [5.41, 5.74) is 5.13. The molecule has 2 rings (SSSR count). The molecule has 4 amide bonds. The van der Waals surface area contributed by atoms with E-state index in [1.165, 1.54) is 0 Å². The van der Waals surface area contributed by atoms with E-state index in [2.05, 4.69) is 16.0 Å². The first-order chi connectivity index (χ1) is 14.3. The minimum atomic E-state index is -1.32. The number of furan rings is 1. The highest BCUT2D eigenvalue weighted by molar-refractivity contribution is 5.91. The molecule has 2 aromatic rings. The Kier molecular flexibility index (Phi) is 8.52. The number of para-hydroxylation sites is 1. The lowest BCUT2D eigenvalue weighted by molar-refractivity contribution is -0.126. The number of carbonyl (C=O) groups excluding carboxylic acids is 2. The van der Waals surface area contributed by atoms with E-state index >= 15 is 0 Å². The van der Waals surface area contributed by atoms with E-state index in [0.717, 1.165) is 43.1 Å². The van der Waals surface area contributed by atoms with Gasteiger partial charge in [-0.2, -0.15) is 0 Å². The Morgan fingerprint density at radius 3 is 2.33 bits per heavy atom. The van der Waals surface area contributed by atoms with Crippen molar-refractivity contribution < 1.29 is 23.9 Å². The Bertz CT molecular complexity index is 866. The highest BCUT2D eigenvalue weighted by Gasteiger charge is 2.36. The van der Waals surface area contributed by atoms with Crippen LogP contribution >= 0.6 is 0 Å². The molecule has 1 aromatic carbocycles. The Labute approximate surface area is 175 Å². The van der Waals surface area contributed by atoms with E-state index < -0.39 is 17.7 Å². The summed E-state index contributed by atoms with van der Waals surface area (Å²) in [7, 11) is 0. The number of hydrogen-bond donors (Lipinski definition) is 5. The van der Waals surface area contributed by atoms with Crippen LogP contribution in [0.15, 0.2) is 34.9 Å². The van der Waals surface area contributed by atoms with Gasteiger partial charge in [-0.1, -0.05) is 37.5 Å². The van der Waals surface area contributed by atoms with Gasteiger partial charge in [0.15, 0.2) is 0 Å². The molecule has 6 N–H and O–H groups in total. The van der Waals surface area contributed by atoms with Gasteiger partial charge >= 0.3 is 12.1 Å². The molecule has 30 heavy (non-hydrogen) atoms. The first-order valence-electron chi connectivity index (χ1n) is 10.1. The maximum atomic E-state index is 12.8. The van der Waals surface area contributed by atoms with Crippen LogP contribution in [0.3, 0.4) is 0 Å². The average molecular weight is 418 g/mol. The molecule has 0 aliphatic rings. The van der Waals surface area contributed by atoms with Crippen LogP contribution < -0.4 is 21.7 Å². The number of urea groups is 1. The van der Waals surface area contributed by atoms with Crippen LogP contribution in [-0.2, 0) is 11.2 Å². The molecule has 164 valence electrons. The lowest BCUT2D eigenvalue weighted by Crippen LogP contribution is -2.58. The van der Waals surface area contributed by atoms with Gasteiger partial charge < -0.3 is 31.2 Å². The predicted octanol–water partition coefficient (Wildman–Crippen LogP) is 2.74. The van der Waals surface area contributed by atoms with Crippen molar-refractivity contribution in [2.24, 2.45) is 5.73 Å². The van der Waals surface area contributed by atoms with Gasteiger partial charge in [-0.15, -0.1) is 0 Å². The average Bonchev–Trinajstić information content (AvgIpc) is 3.08. The van der Waals surface area contributed by atoms with Crippen LogP contribution in [0, 0.1) is 0 Å². The molecule has 0 aliphatic carbocycles. The highest BCUT2D eigenvalue weighted by atomic mass is 16.4. The highest BCUT2D eigenvalue weighted by Crippen LogP contribution is 2.25. The van der Waals surface area contributed by atoms with Crippen molar-refractivity contribution in [3.05, 3.63) is 36.1 Å². The van der Waals surface area contributed by atoms with Crippen molar-refractivity contribution in [1.82, 2.24) is 16.0 Å². The van der Waals surface area contributed by atoms with Crippen LogP contribution in [0.5, 0.6) is 0 Å². The third-order valence-electron chi connectivity index (χ3n) is 4.93. The van der Waals surface area contributed by atoms with Gasteiger partial charge in [0, 0.05) is 30.5 Å². The molecule has 9 nitrogen and oxygen atoms in total. The number of unbranched alkanes of at least 4 members (excludes halogenated alkanes) is 4. The van der Waals surface area contributed by atoms with Crippen molar-refractivity contribution in [1.29, 1.82) is 0 Å². The van der Waals surface area contributed by atoms with Crippen LogP contribution in [0.4, 0.5) is 9.59 Å². The second-order valence-electron chi connectivity index (χ2n) is 7.51. The smallest absolute Gasteiger partial charge is 0.405 e. The fourth-order valence-electron chi connectivity index (χ4n) is 3.36. The van der Waals surface area contributed by atoms with Crippen molar-refractivity contribution in [2.75, 3.05) is 13.1 Å². The van der Waals surface area contributed by atoms with Crippen molar-refractivity contribution in [3.63, 3.8) is 0 Å². The summed E-state index contributed by atoms with van der Waals surface area (Å²) in [5.74, 6) is -0.374. The normalized spacial score (nSPS) is 12.8. The minimum absolute atomic E-state index is 0.176. The molecule has 1 atom stereocenters. The summed E-state index contributed by atoms with van der Waals surface area (Å²) >= 11 is 0. The van der Waals surface area contributed by atoms with Crippen LogP contribution in [-0.4, -0.2) is 41.8 Å². The summed E-state index contributed by atoms with van der Waals surface area (Å²) in [4.78, 5) is 34.7. The van der Waals surface area contributed by atoms with Gasteiger partial charge in [-0.25, -0.2) is 9.59 Å². The van der Waals surface area contributed by atoms with Gasteiger partial charge in [0.1, 0.15) is 11.1 Å². The van der Waals surface area contributed by atoms with Crippen LogP contribution in [0.2, 0.25) is 0 Å². The zero-order valence-corrected chi connectivity index (χ0v) is 17.2. The standard InChI is InChI=1S/C21H30N4O5/c1-21(25-20(28)29,13-15-14-30-17-10-6-5-9-16(15)17)18(26)23-11-7-3-2-4-8-12-24-19(22)27/h5-6,9-10,14,25H,2-4,7-8,11-13H2,1H3,(H,23,26)(H,28,29)(H3,22,24,27). The fourth-order valence-corrected chi connectivity index (χ4v) is 3.36. The number of fused-ring (bicyclic) bond motifs is 1. The van der Waals surface area contributed by atoms with E-state index in [1.807, 2.05) is 24.3 Å². The van der Waals surface area contributed by atoms with Gasteiger partial charge in [-0.05, 0) is 25.8 Å². The van der Waals surface area contributed by atoms with E-state index in [4.69, 9.17) is 10.2 Å². The van der Waals surface area contributed by atoms with Crippen molar-refractivity contribution in [3.8, 4) is 0 Å². The molecule has 0 saturated heterocycles. The Balaban J connectivity index is 1.83. The molecule has 0 spiro atoms. The summed E-state index contributed by atoms with van der Waals surface area (Å²) < 4.78 is 5.51. The number of primary amides is 1. The maximum absolute atomic E-state index is 12.8. The molecule has 9 heteroatoms. The third-order valence-corrected chi connectivity index (χ3v) is 4.93. The summed E-state index contributed by atoms with van der Waals surface area (Å²) in [6, 6.07) is 6.91. The number of benzene rings is 1. The lowest BCUT2D eigenvalue weighted by atomic mass is 9.91. The quantitative estimate of drug-likeness (QED) is 0.336. The van der Waals surface area contributed by atoms with E-state index in [1.54, 1.807) is 13.2 Å². The number of amides is 4. The monoisotopic (exact) mass is 418 g/mol. The maximum Gasteiger partial charge on any atom is 0.405 e. The first kappa shape index (κ1) is 23.1. The molecule has 1 unspecified atom stereocenters. The first-order valence-corrected chi connectivity index (χ1v) is 10.1. The van der Waals surface area contributed by atoms with E-state index in [9.17, 15) is 19.5 Å². The van der Waals surface area contributed by atoms with Gasteiger partial charge in [-0.3, -0.25) is 4.79 Å². The van der Waals surface area contributed by atoms with E-state index in [-0.39, 0.29) is 12.3 Å². The largest absolute Gasteiger partial charge is 0.465 e. The van der Waals surface area contributed by atoms with Gasteiger partial charge in [0.25, 0.3) is 0 Å². The molecule has 0 aliphatic heterocycles. The number of nitrogens with one attached hydrogen (secondary N) is 3. The second kappa shape index (κ2) is 11.1. The molecular weight excluding hydrogens is 388 g/mol.